The van der Waals surface area contributed by atoms with E-state index >= 15 is 0 Å². The third-order valence-electron chi connectivity index (χ3n) is 5.49. The third-order valence-corrected chi connectivity index (χ3v) is 6.53. The van der Waals surface area contributed by atoms with Gasteiger partial charge in [0.05, 0.1) is 13.2 Å². The van der Waals surface area contributed by atoms with Crippen molar-refractivity contribution < 1.29 is 14.8 Å². The molecule has 8 nitrogen and oxygen atoms in total. The fourth-order valence-corrected chi connectivity index (χ4v) is 4.57. The number of hydrogen-bond donors (Lipinski definition) is 3. The number of benzene rings is 2. The molecule has 32 heavy (non-hydrogen) atoms. The van der Waals surface area contributed by atoms with Crippen LogP contribution in [0, 0.1) is 0 Å². The fraction of sp³-hybridized carbons (Fsp3) is 0.364. The van der Waals surface area contributed by atoms with Gasteiger partial charge in [0.1, 0.15) is 0 Å². The molecule has 0 amide bonds. The molecule has 0 bridgehead atoms. The van der Waals surface area contributed by atoms with E-state index in [1.165, 1.54) is 0 Å². The van der Waals surface area contributed by atoms with Crippen molar-refractivity contribution in [1.82, 2.24) is 19.7 Å². The van der Waals surface area contributed by atoms with Crippen LogP contribution in [0.5, 0.6) is 0 Å². The quantitative estimate of drug-likeness (QED) is 0.252. The number of thioether (sulfide) groups is 1. The minimum Gasteiger partial charge on any atom is -0.423 e. The summed E-state index contributed by atoms with van der Waals surface area (Å²) in [5.74, 6) is 1.55. The molecule has 0 unspecified atom stereocenters. The van der Waals surface area contributed by atoms with Crippen LogP contribution in [-0.4, -0.2) is 69.7 Å². The van der Waals surface area contributed by atoms with Crippen LogP contribution < -0.4 is 11.2 Å². The van der Waals surface area contributed by atoms with Crippen LogP contribution in [-0.2, 0) is 17.0 Å². The summed E-state index contributed by atoms with van der Waals surface area (Å²) in [6.45, 7) is 5.40. The van der Waals surface area contributed by atoms with E-state index in [1.807, 2.05) is 36.4 Å². The van der Waals surface area contributed by atoms with Gasteiger partial charge in [0.15, 0.2) is 11.0 Å². The first kappa shape index (κ1) is 22.8. The Morgan fingerprint density at radius 3 is 2.38 bits per heavy atom. The van der Waals surface area contributed by atoms with Gasteiger partial charge in [-0.15, -0.1) is 10.2 Å². The van der Waals surface area contributed by atoms with E-state index in [-0.39, 0.29) is 0 Å². The van der Waals surface area contributed by atoms with Gasteiger partial charge < -0.3 is 25.1 Å². The summed E-state index contributed by atoms with van der Waals surface area (Å²) in [6, 6.07) is 15.0. The zero-order chi connectivity index (χ0) is 22.3. The van der Waals surface area contributed by atoms with Crippen molar-refractivity contribution in [3.05, 3.63) is 54.1 Å². The highest BCUT2D eigenvalue weighted by molar-refractivity contribution is 7.98. The van der Waals surface area contributed by atoms with Gasteiger partial charge in [-0.25, -0.2) is 0 Å². The molecule has 0 atom stereocenters. The number of hydrogen-bond acceptors (Lipinski definition) is 8. The second kappa shape index (κ2) is 11.0. The Morgan fingerprint density at radius 1 is 0.969 bits per heavy atom. The molecule has 3 aromatic rings. The molecule has 1 fully saturated rings. The van der Waals surface area contributed by atoms with Crippen LogP contribution in [0.1, 0.15) is 12.0 Å². The van der Waals surface area contributed by atoms with Gasteiger partial charge in [-0.3, -0.25) is 4.90 Å². The molecule has 0 radical (unpaired) electrons. The molecule has 1 saturated heterocycles. The highest BCUT2D eigenvalue weighted by Gasteiger charge is 2.16. The Morgan fingerprint density at radius 2 is 1.69 bits per heavy atom. The second-order valence-electron chi connectivity index (χ2n) is 7.79. The van der Waals surface area contributed by atoms with Gasteiger partial charge >= 0.3 is 7.12 Å². The summed E-state index contributed by atoms with van der Waals surface area (Å²) in [7, 11) is -1.45. The number of aromatic nitrogens is 3. The summed E-state index contributed by atoms with van der Waals surface area (Å²) in [5.41, 5.74) is 9.13. The van der Waals surface area contributed by atoms with Gasteiger partial charge in [0, 0.05) is 43.2 Å². The standard InChI is InChI=1S/C22H28BN5O3S/c24-20-8-4-18(5-9-20)21-25-26-22(28(21)11-1-10-27-12-14-31-15-13-27)32-16-17-2-6-19(7-3-17)23(29)30/h2-9,29-30H,1,10-16,24H2. The van der Waals surface area contributed by atoms with Crippen molar-refractivity contribution in [2.45, 2.75) is 23.9 Å². The average Bonchev–Trinajstić information content (AvgIpc) is 3.22. The predicted molar refractivity (Wildman–Crippen MR) is 128 cm³/mol. The topological polar surface area (TPSA) is 110 Å². The molecule has 2 aromatic carbocycles. The molecule has 2 heterocycles. The van der Waals surface area contributed by atoms with Crippen molar-refractivity contribution in [2.24, 2.45) is 0 Å². The number of nitrogens with two attached hydrogens (primary N) is 1. The van der Waals surface area contributed by atoms with Crippen molar-refractivity contribution in [3.63, 3.8) is 0 Å². The van der Waals surface area contributed by atoms with Crippen LogP contribution in [0.2, 0.25) is 0 Å². The number of nitrogen functional groups attached to an aromatic ring is 1. The van der Waals surface area contributed by atoms with Crippen molar-refractivity contribution in [1.29, 1.82) is 0 Å². The zero-order valence-corrected chi connectivity index (χ0v) is 18.7. The molecule has 0 spiro atoms. The number of nitrogens with zero attached hydrogens (tertiary/aromatic N) is 4. The van der Waals surface area contributed by atoms with E-state index in [9.17, 15) is 10.0 Å². The minimum atomic E-state index is -1.45. The minimum absolute atomic E-state index is 0.482. The molecular formula is C22H28BN5O3S. The molecule has 4 rings (SSSR count). The average molecular weight is 453 g/mol. The second-order valence-corrected chi connectivity index (χ2v) is 8.73. The van der Waals surface area contributed by atoms with Crippen molar-refractivity contribution in [2.75, 3.05) is 38.6 Å². The SMILES string of the molecule is Nc1ccc(-c2nnc(SCc3ccc(B(O)O)cc3)n2CCCN2CCOCC2)cc1. The zero-order valence-electron chi connectivity index (χ0n) is 17.9. The Labute approximate surface area is 192 Å². The number of anilines is 1. The van der Waals surface area contributed by atoms with E-state index in [4.69, 9.17) is 10.5 Å². The van der Waals surface area contributed by atoms with Crippen molar-refractivity contribution in [3.8, 4) is 11.4 Å². The first-order chi connectivity index (χ1) is 15.6. The van der Waals surface area contributed by atoms with Gasteiger partial charge in [0.2, 0.25) is 0 Å². The largest absolute Gasteiger partial charge is 0.488 e. The van der Waals surface area contributed by atoms with E-state index in [2.05, 4.69) is 19.7 Å². The molecule has 1 aliphatic rings. The number of rotatable bonds is 9. The summed E-state index contributed by atoms with van der Waals surface area (Å²) in [4.78, 5) is 2.43. The van der Waals surface area contributed by atoms with Crippen LogP contribution in [0.15, 0.2) is 53.7 Å². The maximum Gasteiger partial charge on any atom is 0.488 e. The van der Waals surface area contributed by atoms with E-state index in [0.717, 1.165) is 73.6 Å². The van der Waals surface area contributed by atoms with Gasteiger partial charge in [-0.1, -0.05) is 36.0 Å². The molecule has 0 aliphatic carbocycles. The summed E-state index contributed by atoms with van der Waals surface area (Å²) >= 11 is 1.63. The smallest absolute Gasteiger partial charge is 0.423 e. The molecule has 1 aliphatic heterocycles. The van der Waals surface area contributed by atoms with Crippen LogP contribution >= 0.6 is 11.8 Å². The lowest BCUT2D eigenvalue weighted by Crippen LogP contribution is -2.37. The highest BCUT2D eigenvalue weighted by Crippen LogP contribution is 2.27. The maximum absolute atomic E-state index is 9.27. The Kier molecular flexibility index (Phi) is 7.83. The van der Waals surface area contributed by atoms with Gasteiger partial charge in [-0.2, -0.15) is 0 Å². The Bertz CT molecular complexity index is 992. The lowest BCUT2D eigenvalue weighted by atomic mass is 9.80. The van der Waals surface area contributed by atoms with Crippen LogP contribution in [0.4, 0.5) is 5.69 Å². The normalized spacial score (nSPS) is 14.6. The third kappa shape index (κ3) is 5.90. The van der Waals surface area contributed by atoms with Gasteiger partial charge in [0.25, 0.3) is 0 Å². The lowest BCUT2D eigenvalue weighted by molar-refractivity contribution is 0.0369. The lowest BCUT2D eigenvalue weighted by Gasteiger charge is -2.26. The Hall–Kier alpha value is -2.37. The Balaban J connectivity index is 1.47. The van der Waals surface area contributed by atoms with Crippen molar-refractivity contribution >= 4 is 30.0 Å². The van der Waals surface area contributed by atoms with Gasteiger partial charge in [-0.05, 0) is 41.7 Å². The number of morpholine rings is 1. The van der Waals surface area contributed by atoms with Crippen LogP contribution in [0.25, 0.3) is 11.4 Å². The van der Waals surface area contributed by atoms with E-state index < -0.39 is 7.12 Å². The summed E-state index contributed by atoms with van der Waals surface area (Å²) in [5, 5.41) is 28.4. The summed E-state index contributed by atoms with van der Waals surface area (Å²) in [6.07, 6.45) is 0.997. The summed E-state index contributed by atoms with van der Waals surface area (Å²) < 4.78 is 7.63. The molecule has 1 aromatic heterocycles. The molecular weight excluding hydrogens is 425 g/mol. The molecule has 0 saturated carbocycles. The molecule has 10 heteroatoms. The number of ether oxygens (including phenoxy) is 1. The van der Waals surface area contributed by atoms with Crippen LogP contribution in [0.3, 0.4) is 0 Å². The molecule has 168 valence electrons. The maximum atomic E-state index is 9.27. The first-order valence-electron chi connectivity index (χ1n) is 10.8. The monoisotopic (exact) mass is 453 g/mol. The van der Waals surface area contributed by atoms with E-state index in [0.29, 0.717) is 11.2 Å². The fourth-order valence-electron chi connectivity index (χ4n) is 3.65. The molecule has 4 N–H and O–H groups in total. The predicted octanol–water partition coefficient (Wildman–Crippen LogP) is 1.22. The first-order valence-corrected chi connectivity index (χ1v) is 11.8. The highest BCUT2D eigenvalue weighted by atomic mass is 32.2. The van der Waals surface area contributed by atoms with E-state index in [1.54, 1.807) is 23.9 Å².